The first kappa shape index (κ1) is 13.5. The minimum absolute atomic E-state index is 0.267. The second-order valence-electron chi connectivity index (χ2n) is 4.06. The number of carbonyl (C=O) groups excluding carboxylic acids is 2. The third-order valence-corrected chi connectivity index (χ3v) is 5.30. The number of imide groups is 1. The van der Waals surface area contributed by atoms with E-state index in [4.69, 9.17) is 11.6 Å². The Morgan fingerprint density at radius 2 is 1.40 bits per heavy atom. The van der Waals surface area contributed by atoms with Crippen LogP contribution in [0, 0.1) is 0 Å². The predicted molar refractivity (Wildman–Crippen MR) is 81.8 cm³/mol. The molecule has 20 heavy (non-hydrogen) atoms. The Kier molecular flexibility index (Phi) is 3.74. The van der Waals surface area contributed by atoms with Crippen molar-refractivity contribution < 1.29 is 9.59 Å². The Morgan fingerprint density at radius 3 is 1.95 bits per heavy atom. The van der Waals surface area contributed by atoms with E-state index in [2.05, 4.69) is 0 Å². The van der Waals surface area contributed by atoms with Crippen molar-refractivity contribution in [3.63, 3.8) is 0 Å². The summed E-state index contributed by atoms with van der Waals surface area (Å²) in [6, 6.07) is 14.1. The number of hydrogen-bond acceptors (Lipinski definition) is 4. The zero-order valence-corrected chi connectivity index (χ0v) is 12.5. The fraction of sp³-hybridized carbons (Fsp3) is 0. The third-order valence-electron chi connectivity index (χ3n) is 2.78. The van der Waals surface area contributed by atoms with Crippen LogP contribution in [0.4, 0.5) is 0 Å². The van der Waals surface area contributed by atoms with E-state index in [0.717, 1.165) is 15.9 Å². The summed E-state index contributed by atoms with van der Waals surface area (Å²) in [6.45, 7) is 0. The Bertz CT molecular complexity index is 653. The van der Waals surface area contributed by atoms with Crippen LogP contribution >= 0.6 is 33.4 Å². The second-order valence-corrected chi connectivity index (χ2v) is 6.60. The fourth-order valence-electron chi connectivity index (χ4n) is 1.81. The normalized spacial score (nSPS) is 13.8. The summed E-state index contributed by atoms with van der Waals surface area (Å²) in [4.78, 5) is 25.2. The molecule has 0 spiro atoms. The number of nitrogens with zero attached hydrogens (tertiary/aromatic N) is 1. The first-order chi connectivity index (χ1) is 9.66. The molecule has 0 radical (unpaired) electrons. The predicted octanol–water partition coefficient (Wildman–Crippen LogP) is 4.29. The average Bonchev–Trinajstić information content (AvgIpc) is 2.71. The van der Waals surface area contributed by atoms with Crippen molar-refractivity contribution in [2.45, 2.75) is 4.90 Å². The van der Waals surface area contributed by atoms with Gasteiger partial charge >= 0.3 is 0 Å². The summed E-state index contributed by atoms with van der Waals surface area (Å²) >= 11 is 5.81. The molecule has 3 nitrogen and oxygen atoms in total. The Labute approximate surface area is 128 Å². The molecule has 0 bridgehead atoms. The topological polar surface area (TPSA) is 37.4 Å². The Morgan fingerprint density at radius 1 is 0.850 bits per heavy atom. The smallest absolute Gasteiger partial charge is 0.268 e. The molecule has 0 saturated carbocycles. The minimum Gasteiger partial charge on any atom is -0.268 e. The highest BCUT2D eigenvalue weighted by molar-refractivity contribution is 8.76. The lowest BCUT2D eigenvalue weighted by Gasteiger charge is -2.10. The lowest BCUT2D eigenvalue weighted by atomic mass is 10.1. The number of rotatable bonds is 3. The fourth-order valence-corrected chi connectivity index (χ4v) is 3.89. The van der Waals surface area contributed by atoms with Crippen LogP contribution in [0.2, 0.25) is 5.02 Å². The molecule has 0 atom stereocenters. The highest BCUT2D eigenvalue weighted by atomic mass is 35.5. The van der Waals surface area contributed by atoms with E-state index in [1.165, 1.54) is 15.1 Å². The molecule has 1 aliphatic rings. The van der Waals surface area contributed by atoms with E-state index in [1.807, 2.05) is 12.1 Å². The Balaban J connectivity index is 1.75. The molecule has 2 amide bonds. The molecule has 0 saturated heterocycles. The second kappa shape index (κ2) is 5.52. The maximum Gasteiger partial charge on any atom is 0.272 e. The number of halogens is 1. The quantitative estimate of drug-likeness (QED) is 0.480. The summed E-state index contributed by atoms with van der Waals surface area (Å²) < 4.78 is 1.18. The number of amides is 2. The third kappa shape index (κ3) is 2.44. The van der Waals surface area contributed by atoms with E-state index < -0.39 is 0 Å². The van der Waals surface area contributed by atoms with Gasteiger partial charge in [-0.05, 0) is 47.2 Å². The molecule has 0 unspecified atom stereocenters. The van der Waals surface area contributed by atoms with Gasteiger partial charge in [0.05, 0.1) is 11.1 Å². The standard InChI is InChI=1S/C14H8ClNO2S2/c15-9-5-7-10(8-6-9)19-20-16-13(17)11-3-1-2-4-12(11)14(16)18/h1-8H. The van der Waals surface area contributed by atoms with Gasteiger partial charge < -0.3 is 0 Å². The van der Waals surface area contributed by atoms with E-state index in [-0.39, 0.29) is 11.8 Å². The molecule has 1 heterocycles. The van der Waals surface area contributed by atoms with E-state index >= 15 is 0 Å². The van der Waals surface area contributed by atoms with Gasteiger partial charge in [-0.25, -0.2) is 4.31 Å². The molecule has 2 aromatic carbocycles. The summed E-state index contributed by atoms with van der Waals surface area (Å²) in [5.41, 5.74) is 0.920. The van der Waals surface area contributed by atoms with Crippen LogP contribution in [-0.2, 0) is 0 Å². The molecule has 0 aromatic heterocycles. The van der Waals surface area contributed by atoms with Gasteiger partial charge in [0.1, 0.15) is 0 Å². The van der Waals surface area contributed by atoms with Crippen LogP contribution in [0.5, 0.6) is 0 Å². The van der Waals surface area contributed by atoms with Gasteiger partial charge in [-0.15, -0.1) is 0 Å². The molecule has 1 aliphatic heterocycles. The Hall–Kier alpha value is -1.43. The number of benzene rings is 2. The van der Waals surface area contributed by atoms with Crippen molar-refractivity contribution in [1.29, 1.82) is 0 Å². The van der Waals surface area contributed by atoms with Crippen molar-refractivity contribution in [3.05, 3.63) is 64.7 Å². The van der Waals surface area contributed by atoms with Gasteiger partial charge in [0.15, 0.2) is 0 Å². The maximum atomic E-state index is 12.1. The van der Waals surface area contributed by atoms with Crippen molar-refractivity contribution in [1.82, 2.24) is 4.31 Å². The monoisotopic (exact) mass is 321 g/mol. The van der Waals surface area contributed by atoms with Crippen LogP contribution in [0.25, 0.3) is 0 Å². The summed E-state index contributed by atoms with van der Waals surface area (Å²) in [5, 5.41) is 0.653. The number of carbonyl (C=O) groups is 2. The lowest BCUT2D eigenvalue weighted by Crippen LogP contribution is -2.20. The van der Waals surface area contributed by atoms with Gasteiger partial charge in [-0.1, -0.05) is 23.7 Å². The van der Waals surface area contributed by atoms with E-state index in [9.17, 15) is 9.59 Å². The highest BCUT2D eigenvalue weighted by Crippen LogP contribution is 2.39. The molecule has 6 heteroatoms. The van der Waals surface area contributed by atoms with Crippen molar-refractivity contribution >= 4 is 45.2 Å². The van der Waals surface area contributed by atoms with Crippen molar-refractivity contribution in [2.24, 2.45) is 0 Å². The molecular weight excluding hydrogens is 314 g/mol. The van der Waals surface area contributed by atoms with E-state index in [1.54, 1.807) is 36.4 Å². The average molecular weight is 322 g/mol. The molecular formula is C14H8ClNO2S2. The zero-order valence-electron chi connectivity index (χ0n) is 10.1. The van der Waals surface area contributed by atoms with Crippen LogP contribution in [0.15, 0.2) is 53.4 Å². The lowest BCUT2D eigenvalue weighted by molar-refractivity contribution is 0.0779. The van der Waals surface area contributed by atoms with Crippen molar-refractivity contribution in [2.75, 3.05) is 0 Å². The number of hydrogen-bond donors (Lipinski definition) is 0. The maximum absolute atomic E-state index is 12.1. The van der Waals surface area contributed by atoms with Gasteiger partial charge in [0, 0.05) is 20.9 Å². The molecule has 0 fully saturated rings. The molecule has 100 valence electrons. The zero-order chi connectivity index (χ0) is 14.1. The first-order valence-corrected chi connectivity index (χ1v) is 8.23. The first-order valence-electron chi connectivity index (χ1n) is 5.75. The van der Waals surface area contributed by atoms with Crippen LogP contribution < -0.4 is 0 Å². The molecule has 3 rings (SSSR count). The van der Waals surface area contributed by atoms with Crippen molar-refractivity contribution in [3.8, 4) is 0 Å². The van der Waals surface area contributed by atoms with Crippen LogP contribution in [0.1, 0.15) is 20.7 Å². The van der Waals surface area contributed by atoms with Gasteiger partial charge in [0.25, 0.3) is 11.8 Å². The summed E-state index contributed by atoms with van der Waals surface area (Å²) in [5.74, 6) is -0.533. The highest BCUT2D eigenvalue weighted by Gasteiger charge is 2.36. The van der Waals surface area contributed by atoms with E-state index in [0.29, 0.717) is 16.1 Å². The van der Waals surface area contributed by atoms with Crippen LogP contribution in [0.3, 0.4) is 0 Å². The summed E-state index contributed by atoms with van der Waals surface area (Å²) in [7, 11) is 2.47. The molecule has 0 aliphatic carbocycles. The van der Waals surface area contributed by atoms with Gasteiger partial charge in [0.2, 0.25) is 0 Å². The molecule has 0 N–H and O–H groups in total. The summed E-state index contributed by atoms with van der Waals surface area (Å²) in [6.07, 6.45) is 0. The molecule has 2 aromatic rings. The number of fused-ring (bicyclic) bond motifs is 1. The largest absolute Gasteiger partial charge is 0.272 e. The SMILES string of the molecule is O=C1c2ccccc2C(=O)N1SSc1ccc(Cl)cc1. The minimum atomic E-state index is -0.267. The van der Waals surface area contributed by atoms with Crippen LogP contribution in [-0.4, -0.2) is 16.1 Å². The van der Waals surface area contributed by atoms with Gasteiger partial charge in [-0.3, -0.25) is 9.59 Å². The van der Waals surface area contributed by atoms with Gasteiger partial charge in [-0.2, -0.15) is 0 Å².